The summed E-state index contributed by atoms with van der Waals surface area (Å²) < 4.78 is 10.3. The highest BCUT2D eigenvalue weighted by Gasteiger charge is 2.19. The molecular weight excluding hydrogens is 228 g/mol. The van der Waals surface area contributed by atoms with Gasteiger partial charge in [-0.15, -0.1) is 0 Å². The highest BCUT2D eigenvalue weighted by Crippen LogP contribution is 2.24. The van der Waals surface area contributed by atoms with E-state index < -0.39 is 11.8 Å². The van der Waals surface area contributed by atoms with Gasteiger partial charge >= 0.3 is 6.16 Å². The van der Waals surface area contributed by atoms with Crippen molar-refractivity contribution in [3.05, 3.63) is 42.0 Å². The van der Waals surface area contributed by atoms with Crippen LogP contribution in [0.2, 0.25) is 0 Å². The van der Waals surface area contributed by atoms with Crippen LogP contribution in [0.5, 0.6) is 5.75 Å². The van der Waals surface area contributed by atoms with Gasteiger partial charge in [0.2, 0.25) is 0 Å². The van der Waals surface area contributed by atoms with Gasteiger partial charge in [0.15, 0.2) is 0 Å². The Kier molecular flexibility index (Phi) is 4.54. The molecule has 0 atom stereocenters. The molecule has 0 saturated carbocycles. The summed E-state index contributed by atoms with van der Waals surface area (Å²) >= 11 is 0. The monoisotopic (exact) mass is 247 g/mol. The van der Waals surface area contributed by atoms with E-state index in [9.17, 15) is 4.79 Å². The predicted molar refractivity (Wildman–Crippen MR) is 70.7 cm³/mol. The number of hydrogen-bond acceptors (Lipinski definition) is 3. The van der Waals surface area contributed by atoms with Crippen molar-refractivity contribution in [1.82, 2.24) is 0 Å². The second kappa shape index (κ2) is 5.71. The Labute approximate surface area is 108 Å². The van der Waals surface area contributed by atoms with Crippen LogP contribution in [0.25, 0.3) is 0 Å². The molecule has 0 heterocycles. The summed E-state index contributed by atoms with van der Waals surface area (Å²) in [5.41, 5.74) is 1.18. The molecule has 0 aliphatic carbocycles. The van der Waals surface area contributed by atoms with Crippen molar-refractivity contribution in [1.29, 1.82) is 0 Å². The number of carbonyl (C=O) groups is 1. The average Bonchev–Trinajstić information content (AvgIpc) is 2.25. The van der Waals surface area contributed by atoms with Crippen molar-refractivity contribution in [3.8, 4) is 5.75 Å². The summed E-state index contributed by atoms with van der Waals surface area (Å²) in [6.45, 7) is 11.0. The summed E-state index contributed by atoms with van der Waals surface area (Å²) in [4.78, 5) is 11.6. The molecule has 18 heavy (non-hydrogen) atoms. The smallest absolute Gasteiger partial charge is 0.428 e. The topological polar surface area (TPSA) is 35.5 Å². The average molecular weight is 247 g/mol. The zero-order chi connectivity index (χ0) is 13.8. The summed E-state index contributed by atoms with van der Waals surface area (Å²) in [7, 11) is 0. The standard InChI is InChI=1S/C15H19O3/c1-6-11-9-8-10-13(12(11)7-2)17-14(16)18-15(3,4)5/h8-10H,1,7H2,2-5H3. The molecule has 3 nitrogen and oxygen atoms in total. The van der Waals surface area contributed by atoms with Crippen LogP contribution in [-0.2, 0) is 11.2 Å². The van der Waals surface area contributed by atoms with Crippen molar-refractivity contribution >= 4 is 6.16 Å². The molecule has 1 aromatic carbocycles. The maximum Gasteiger partial charge on any atom is 0.514 e. The molecule has 0 amide bonds. The Balaban J connectivity index is 2.91. The molecule has 0 unspecified atom stereocenters. The third-order valence-electron chi connectivity index (χ3n) is 2.26. The van der Waals surface area contributed by atoms with E-state index in [-0.39, 0.29) is 0 Å². The zero-order valence-corrected chi connectivity index (χ0v) is 11.4. The lowest BCUT2D eigenvalue weighted by Gasteiger charge is -2.19. The summed E-state index contributed by atoms with van der Waals surface area (Å²) in [5.74, 6) is 0.500. The fraction of sp³-hybridized carbons (Fsp3) is 0.400. The predicted octanol–water partition coefficient (Wildman–Crippen LogP) is 3.90. The van der Waals surface area contributed by atoms with E-state index >= 15 is 0 Å². The highest BCUT2D eigenvalue weighted by molar-refractivity contribution is 5.65. The van der Waals surface area contributed by atoms with Crippen LogP contribution in [0.1, 0.15) is 38.8 Å². The molecule has 0 fully saturated rings. The number of hydrogen-bond donors (Lipinski definition) is 0. The van der Waals surface area contributed by atoms with Crippen LogP contribution in [0.15, 0.2) is 24.8 Å². The first kappa shape index (κ1) is 14.3. The second-order valence-electron chi connectivity index (χ2n) is 4.88. The molecule has 1 radical (unpaired) electrons. The quantitative estimate of drug-likeness (QED) is 0.600. The molecule has 0 aromatic heterocycles. The molecule has 1 aromatic rings. The number of rotatable bonds is 3. The molecule has 1 rings (SSSR count). The minimum Gasteiger partial charge on any atom is -0.428 e. The van der Waals surface area contributed by atoms with E-state index in [0.717, 1.165) is 17.5 Å². The van der Waals surface area contributed by atoms with E-state index in [1.807, 2.05) is 13.0 Å². The Morgan fingerprint density at radius 3 is 2.56 bits per heavy atom. The van der Waals surface area contributed by atoms with Crippen molar-refractivity contribution in [2.75, 3.05) is 0 Å². The van der Waals surface area contributed by atoms with E-state index in [1.54, 1.807) is 32.9 Å². The number of benzene rings is 1. The maximum atomic E-state index is 11.6. The normalized spacial score (nSPS) is 10.9. The lowest BCUT2D eigenvalue weighted by Crippen LogP contribution is -2.26. The van der Waals surface area contributed by atoms with Gasteiger partial charge in [0, 0.05) is 5.56 Å². The van der Waals surface area contributed by atoms with Crippen LogP contribution in [0.3, 0.4) is 0 Å². The Hall–Kier alpha value is -1.77. The van der Waals surface area contributed by atoms with Gasteiger partial charge < -0.3 is 9.47 Å². The van der Waals surface area contributed by atoms with E-state index in [1.165, 1.54) is 0 Å². The Morgan fingerprint density at radius 2 is 2.06 bits per heavy atom. The van der Waals surface area contributed by atoms with Gasteiger partial charge in [-0.25, -0.2) is 4.79 Å². The molecule has 0 bridgehead atoms. The fourth-order valence-corrected chi connectivity index (χ4v) is 1.55. The van der Waals surface area contributed by atoms with Gasteiger partial charge in [0.05, 0.1) is 0 Å². The van der Waals surface area contributed by atoms with E-state index in [0.29, 0.717) is 5.75 Å². The van der Waals surface area contributed by atoms with Crippen LogP contribution in [-0.4, -0.2) is 11.8 Å². The van der Waals surface area contributed by atoms with Crippen LogP contribution in [0, 0.1) is 6.08 Å². The van der Waals surface area contributed by atoms with Crippen molar-refractivity contribution in [3.63, 3.8) is 0 Å². The minimum atomic E-state index is -0.696. The summed E-state index contributed by atoms with van der Waals surface area (Å²) in [6.07, 6.45) is 2.86. The maximum absolute atomic E-state index is 11.6. The van der Waals surface area contributed by atoms with E-state index in [4.69, 9.17) is 9.47 Å². The lowest BCUT2D eigenvalue weighted by molar-refractivity contribution is 0.0204. The van der Waals surface area contributed by atoms with Crippen molar-refractivity contribution < 1.29 is 14.3 Å². The largest absolute Gasteiger partial charge is 0.514 e. The first-order chi connectivity index (χ1) is 8.37. The summed E-state index contributed by atoms with van der Waals surface area (Å²) in [5, 5.41) is 0. The van der Waals surface area contributed by atoms with Gasteiger partial charge in [-0.05, 0) is 44.9 Å². The molecule has 97 valence electrons. The second-order valence-corrected chi connectivity index (χ2v) is 4.88. The third-order valence-corrected chi connectivity index (χ3v) is 2.26. The number of ether oxygens (including phenoxy) is 2. The van der Waals surface area contributed by atoms with Gasteiger partial charge in [0.25, 0.3) is 0 Å². The SMILES string of the molecule is C=[C]c1cccc(OC(=O)OC(C)(C)C)c1CC. The first-order valence-electron chi connectivity index (χ1n) is 5.93. The molecule has 0 saturated heterocycles. The Bertz CT molecular complexity index is 442. The van der Waals surface area contributed by atoms with Crippen LogP contribution >= 0.6 is 0 Å². The van der Waals surface area contributed by atoms with Crippen LogP contribution in [0.4, 0.5) is 4.79 Å². The minimum absolute atomic E-state index is 0.500. The van der Waals surface area contributed by atoms with Gasteiger partial charge in [-0.3, -0.25) is 0 Å². The van der Waals surface area contributed by atoms with E-state index in [2.05, 4.69) is 12.7 Å². The van der Waals surface area contributed by atoms with Crippen LogP contribution < -0.4 is 4.74 Å². The molecule has 3 heteroatoms. The first-order valence-corrected chi connectivity index (χ1v) is 5.93. The number of carbonyl (C=O) groups excluding carboxylic acids is 1. The van der Waals surface area contributed by atoms with Crippen molar-refractivity contribution in [2.45, 2.75) is 39.7 Å². The molecule has 0 aliphatic heterocycles. The lowest BCUT2D eigenvalue weighted by atomic mass is 10.0. The zero-order valence-electron chi connectivity index (χ0n) is 11.4. The molecular formula is C15H19O3. The van der Waals surface area contributed by atoms with Gasteiger partial charge in [-0.2, -0.15) is 0 Å². The molecule has 0 N–H and O–H groups in total. The molecule has 0 spiro atoms. The highest BCUT2D eigenvalue weighted by atomic mass is 16.7. The Morgan fingerprint density at radius 1 is 1.39 bits per heavy atom. The molecule has 0 aliphatic rings. The van der Waals surface area contributed by atoms with Crippen molar-refractivity contribution in [2.24, 2.45) is 0 Å². The summed E-state index contributed by atoms with van der Waals surface area (Å²) in [6, 6.07) is 5.42. The third kappa shape index (κ3) is 3.91. The van der Waals surface area contributed by atoms with Gasteiger partial charge in [0.1, 0.15) is 11.4 Å². The fourth-order valence-electron chi connectivity index (χ4n) is 1.55. The van der Waals surface area contributed by atoms with Gasteiger partial charge in [-0.1, -0.05) is 25.6 Å².